The van der Waals surface area contributed by atoms with Crippen LogP contribution in [0, 0.1) is 0 Å². The fourth-order valence-corrected chi connectivity index (χ4v) is 2.66. The Bertz CT molecular complexity index is 525. The fraction of sp³-hybridized carbons (Fsp3) is 0.529. The van der Waals surface area contributed by atoms with Gasteiger partial charge >= 0.3 is 0 Å². The molecule has 1 aliphatic rings. The summed E-state index contributed by atoms with van der Waals surface area (Å²) in [4.78, 5) is 25.2. The lowest BCUT2D eigenvalue weighted by atomic mass is 10.2. The van der Waals surface area contributed by atoms with Crippen LogP contribution in [-0.2, 0) is 4.79 Å². The molecular formula is C17H24N2O3. The predicted octanol–water partition coefficient (Wildman–Crippen LogP) is 2.21. The third kappa shape index (κ3) is 4.23. The van der Waals surface area contributed by atoms with Crippen molar-refractivity contribution >= 4 is 11.8 Å². The number of hydrogen-bond donors (Lipinski definition) is 1. The van der Waals surface area contributed by atoms with Gasteiger partial charge in [0.15, 0.2) is 0 Å². The van der Waals surface area contributed by atoms with Crippen LogP contribution in [0.25, 0.3) is 0 Å². The number of likely N-dealkylation sites (tertiary alicyclic amines) is 1. The molecule has 2 rings (SSSR count). The maximum atomic E-state index is 11.9. The van der Waals surface area contributed by atoms with Crippen LogP contribution >= 0.6 is 0 Å². The first-order chi connectivity index (χ1) is 10.5. The maximum absolute atomic E-state index is 11.9. The summed E-state index contributed by atoms with van der Waals surface area (Å²) in [6.07, 6.45) is 2.01. The number of nitrogens with one attached hydrogen (secondary N) is 1. The molecule has 22 heavy (non-hydrogen) atoms. The number of carbonyl (C=O) groups is 2. The molecule has 120 valence electrons. The predicted molar refractivity (Wildman–Crippen MR) is 84.9 cm³/mol. The molecule has 1 heterocycles. The Hall–Kier alpha value is -2.04. The Kier molecular flexibility index (Phi) is 5.41. The molecule has 0 bridgehead atoms. The van der Waals surface area contributed by atoms with Gasteiger partial charge in [-0.05, 0) is 51.0 Å². The average Bonchev–Trinajstić information content (AvgIpc) is 2.93. The smallest absolute Gasteiger partial charge is 0.251 e. The summed E-state index contributed by atoms with van der Waals surface area (Å²) in [6, 6.07) is 7.37. The minimum absolute atomic E-state index is 0.0832. The van der Waals surface area contributed by atoms with Crippen molar-refractivity contribution in [1.82, 2.24) is 10.2 Å². The molecule has 0 spiro atoms. The van der Waals surface area contributed by atoms with E-state index in [4.69, 9.17) is 4.74 Å². The van der Waals surface area contributed by atoms with Crippen LogP contribution in [0.15, 0.2) is 24.3 Å². The molecule has 5 nitrogen and oxygen atoms in total. The molecule has 0 saturated carbocycles. The van der Waals surface area contributed by atoms with E-state index in [2.05, 4.69) is 5.32 Å². The Morgan fingerprint density at radius 1 is 1.32 bits per heavy atom. The van der Waals surface area contributed by atoms with Gasteiger partial charge in [-0.25, -0.2) is 0 Å². The van der Waals surface area contributed by atoms with Crippen molar-refractivity contribution in [3.63, 3.8) is 0 Å². The number of carbonyl (C=O) groups excluding carboxylic acids is 2. The summed E-state index contributed by atoms with van der Waals surface area (Å²) >= 11 is 0. The molecule has 0 aliphatic carbocycles. The van der Waals surface area contributed by atoms with Crippen LogP contribution in [0.2, 0.25) is 0 Å². The molecule has 1 aliphatic heterocycles. The van der Waals surface area contributed by atoms with Gasteiger partial charge in [0.05, 0.1) is 6.04 Å². The highest BCUT2D eigenvalue weighted by Crippen LogP contribution is 2.19. The minimum Gasteiger partial charge on any atom is -0.491 e. The second kappa shape index (κ2) is 7.29. The van der Waals surface area contributed by atoms with Crippen LogP contribution in [0.3, 0.4) is 0 Å². The molecule has 0 radical (unpaired) electrons. The quantitative estimate of drug-likeness (QED) is 0.907. The number of benzene rings is 1. The number of rotatable bonds is 5. The van der Waals surface area contributed by atoms with Crippen molar-refractivity contribution in [3.8, 4) is 5.75 Å². The van der Waals surface area contributed by atoms with Crippen molar-refractivity contribution in [3.05, 3.63) is 29.8 Å². The zero-order chi connectivity index (χ0) is 16.1. The van der Waals surface area contributed by atoms with Gasteiger partial charge in [-0.15, -0.1) is 0 Å². The normalized spacial score (nSPS) is 17.6. The largest absolute Gasteiger partial charge is 0.491 e. The first-order valence-electron chi connectivity index (χ1n) is 7.78. The molecule has 1 aromatic rings. The van der Waals surface area contributed by atoms with E-state index in [0.717, 1.165) is 25.1 Å². The molecular weight excluding hydrogens is 280 g/mol. The van der Waals surface area contributed by atoms with Crippen LogP contribution in [-0.4, -0.2) is 41.9 Å². The summed E-state index contributed by atoms with van der Waals surface area (Å²) in [7, 11) is 0. The molecule has 1 atom stereocenters. The van der Waals surface area contributed by atoms with Crippen LogP contribution in [0.5, 0.6) is 5.75 Å². The molecule has 0 aromatic heterocycles. The van der Waals surface area contributed by atoms with E-state index in [0.29, 0.717) is 12.2 Å². The first-order valence-corrected chi connectivity index (χ1v) is 7.78. The number of hydrogen-bond acceptors (Lipinski definition) is 3. The lowest BCUT2D eigenvalue weighted by Crippen LogP contribution is -2.37. The van der Waals surface area contributed by atoms with Gasteiger partial charge in [0, 0.05) is 25.1 Å². The topological polar surface area (TPSA) is 58.6 Å². The van der Waals surface area contributed by atoms with Gasteiger partial charge in [-0.2, -0.15) is 0 Å². The maximum Gasteiger partial charge on any atom is 0.251 e. The second-order valence-electron chi connectivity index (χ2n) is 5.97. The Morgan fingerprint density at radius 2 is 2.00 bits per heavy atom. The van der Waals surface area contributed by atoms with E-state index < -0.39 is 0 Å². The summed E-state index contributed by atoms with van der Waals surface area (Å²) < 4.78 is 5.76. The molecule has 1 N–H and O–H groups in total. The van der Waals surface area contributed by atoms with E-state index in [1.807, 2.05) is 18.7 Å². The molecule has 1 aromatic carbocycles. The SMILES string of the molecule is CC(=O)N1CCC[C@@H]1COc1ccc(C(=O)NC(C)C)cc1. The molecule has 1 fully saturated rings. The van der Waals surface area contributed by atoms with E-state index >= 15 is 0 Å². The molecule has 5 heteroatoms. The van der Waals surface area contributed by atoms with Gasteiger partial charge in [0.25, 0.3) is 5.91 Å². The third-order valence-corrected chi connectivity index (χ3v) is 3.76. The molecule has 2 amide bonds. The van der Waals surface area contributed by atoms with Crippen molar-refractivity contribution < 1.29 is 14.3 Å². The highest BCUT2D eigenvalue weighted by atomic mass is 16.5. The van der Waals surface area contributed by atoms with Gasteiger partial charge in [0.2, 0.25) is 5.91 Å². The highest BCUT2D eigenvalue weighted by molar-refractivity contribution is 5.94. The lowest BCUT2D eigenvalue weighted by Gasteiger charge is -2.23. The number of amides is 2. The van der Waals surface area contributed by atoms with E-state index in [1.165, 1.54) is 0 Å². The summed E-state index contributed by atoms with van der Waals surface area (Å²) in [6.45, 7) is 6.77. The monoisotopic (exact) mass is 304 g/mol. The van der Waals surface area contributed by atoms with Gasteiger partial charge in [-0.1, -0.05) is 0 Å². The fourth-order valence-electron chi connectivity index (χ4n) is 2.66. The first kappa shape index (κ1) is 16.3. The van der Waals surface area contributed by atoms with E-state index in [9.17, 15) is 9.59 Å². The van der Waals surface area contributed by atoms with Gasteiger partial charge in [-0.3, -0.25) is 9.59 Å². The highest BCUT2D eigenvalue weighted by Gasteiger charge is 2.26. The molecule has 0 unspecified atom stereocenters. The van der Waals surface area contributed by atoms with Crippen molar-refractivity contribution in [2.24, 2.45) is 0 Å². The van der Waals surface area contributed by atoms with Crippen LogP contribution in [0.1, 0.15) is 44.0 Å². The van der Waals surface area contributed by atoms with Crippen molar-refractivity contribution in [2.45, 2.75) is 45.7 Å². The molecule has 1 saturated heterocycles. The Balaban J connectivity index is 1.89. The Morgan fingerprint density at radius 3 is 2.59 bits per heavy atom. The average molecular weight is 304 g/mol. The summed E-state index contributed by atoms with van der Waals surface area (Å²) in [5.74, 6) is 0.739. The number of nitrogens with zero attached hydrogens (tertiary/aromatic N) is 1. The number of ether oxygens (including phenoxy) is 1. The third-order valence-electron chi connectivity index (χ3n) is 3.76. The van der Waals surface area contributed by atoms with Crippen molar-refractivity contribution in [2.75, 3.05) is 13.2 Å². The zero-order valence-corrected chi connectivity index (χ0v) is 13.5. The van der Waals surface area contributed by atoms with Crippen LogP contribution in [0.4, 0.5) is 0 Å². The lowest BCUT2D eigenvalue weighted by molar-refractivity contribution is -0.130. The van der Waals surface area contributed by atoms with E-state index in [1.54, 1.807) is 31.2 Å². The zero-order valence-electron chi connectivity index (χ0n) is 13.5. The summed E-state index contributed by atoms with van der Waals surface area (Å²) in [5, 5.41) is 2.85. The van der Waals surface area contributed by atoms with Crippen molar-refractivity contribution in [1.29, 1.82) is 0 Å². The van der Waals surface area contributed by atoms with Gasteiger partial charge < -0.3 is 15.0 Å². The summed E-state index contributed by atoms with van der Waals surface area (Å²) in [5.41, 5.74) is 0.618. The van der Waals surface area contributed by atoms with Crippen LogP contribution < -0.4 is 10.1 Å². The Labute approximate surface area is 131 Å². The second-order valence-corrected chi connectivity index (χ2v) is 5.97. The standard InChI is InChI=1S/C17H24N2O3/c1-12(2)18-17(21)14-6-8-16(9-7-14)22-11-15-5-4-10-19(15)13(3)20/h6-9,12,15H,4-5,10-11H2,1-3H3,(H,18,21)/t15-/m1/s1. The minimum atomic E-state index is -0.0832. The van der Waals surface area contributed by atoms with E-state index in [-0.39, 0.29) is 23.9 Å². The van der Waals surface area contributed by atoms with Gasteiger partial charge in [0.1, 0.15) is 12.4 Å².